The summed E-state index contributed by atoms with van der Waals surface area (Å²) in [5.41, 5.74) is -0.689. The van der Waals surface area contributed by atoms with Crippen LogP contribution < -0.4 is 5.32 Å². The fraction of sp³-hybridized carbons (Fsp3) is 0.917. The van der Waals surface area contributed by atoms with Crippen molar-refractivity contribution in [3.63, 3.8) is 0 Å². The van der Waals surface area contributed by atoms with Crippen LogP contribution in [-0.4, -0.2) is 28.9 Å². The molecule has 2 N–H and O–H groups in total. The minimum Gasteiger partial charge on any atom is -0.444 e. The van der Waals surface area contributed by atoms with Gasteiger partial charge in [-0.15, -0.1) is 0 Å². The molecule has 1 saturated carbocycles. The zero-order valence-corrected chi connectivity index (χ0v) is 10.8. The number of aliphatic hydroxyl groups is 1. The van der Waals surface area contributed by atoms with Crippen molar-refractivity contribution in [2.45, 2.75) is 65.2 Å². The van der Waals surface area contributed by atoms with Gasteiger partial charge in [0.1, 0.15) is 5.60 Å². The van der Waals surface area contributed by atoms with Crippen molar-refractivity contribution < 1.29 is 14.6 Å². The van der Waals surface area contributed by atoms with Crippen LogP contribution in [0.15, 0.2) is 0 Å². The summed E-state index contributed by atoms with van der Waals surface area (Å²) in [6.07, 6.45) is 0.736. The highest BCUT2D eigenvalue weighted by molar-refractivity contribution is 5.68. The van der Waals surface area contributed by atoms with Crippen LogP contribution in [0, 0.1) is 5.41 Å². The van der Waals surface area contributed by atoms with Crippen molar-refractivity contribution in [1.82, 2.24) is 5.32 Å². The first-order valence-corrected chi connectivity index (χ1v) is 5.86. The van der Waals surface area contributed by atoms with Gasteiger partial charge in [-0.3, -0.25) is 0 Å². The lowest BCUT2D eigenvalue weighted by Crippen LogP contribution is -2.62. The molecule has 1 aliphatic rings. The maximum absolute atomic E-state index is 11.6. The Morgan fingerprint density at radius 3 is 2.50 bits per heavy atom. The Morgan fingerprint density at radius 2 is 2.12 bits per heavy atom. The van der Waals surface area contributed by atoms with Gasteiger partial charge >= 0.3 is 6.09 Å². The minimum atomic E-state index is -0.477. The van der Waals surface area contributed by atoms with Crippen molar-refractivity contribution in [3.8, 4) is 0 Å². The van der Waals surface area contributed by atoms with E-state index in [0.717, 1.165) is 6.42 Å². The van der Waals surface area contributed by atoms with Crippen LogP contribution in [0.2, 0.25) is 0 Å². The van der Waals surface area contributed by atoms with Crippen LogP contribution in [-0.2, 0) is 4.74 Å². The maximum Gasteiger partial charge on any atom is 0.407 e. The van der Waals surface area contributed by atoms with Gasteiger partial charge in [-0.2, -0.15) is 0 Å². The van der Waals surface area contributed by atoms with Gasteiger partial charge in [0.2, 0.25) is 0 Å². The Balaban J connectivity index is 2.48. The molecule has 1 amide bonds. The molecular formula is C12H23NO3. The molecule has 0 spiro atoms. The standard InChI is InChI=1S/C12H23NO3/c1-6-12(5)8(7-9(12)14)13-10(15)16-11(2,3)4/h8-9,14H,6-7H2,1-5H3,(H,13,15). The summed E-state index contributed by atoms with van der Waals surface area (Å²) in [5.74, 6) is 0. The molecule has 0 heterocycles. The van der Waals surface area contributed by atoms with Crippen LogP contribution in [0.3, 0.4) is 0 Å². The van der Waals surface area contributed by atoms with Crippen molar-refractivity contribution in [2.24, 2.45) is 5.41 Å². The molecule has 0 aromatic rings. The zero-order valence-electron chi connectivity index (χ0n) is 10.8. The molecular weight excluding hydrogens is 206 g/mol. The number of hydrogen-bond acceptors (Lipinski definition) is 3. The van der Waals surface area contributed by atoms with E-state index in [9.17, 15) is 9.90 Å². The van der Waals surface area contributed by atoms with Gasteiger partial charge < -0.3 is 15.2 Å². The van der Waals surface area contributed by atoms with E-state index in [1.165, 1.54) is 0 Å². The molecule has 1 fully saturated rings. The number of nitrogens with one attached hydrogen (secondary N) is 1. The third-order valence-corrected chi connectivity index (χ3v) is 3.47. The van der Waals surface area contributed by atoms with Crippen molar-refractivity contribution in [1.29, 1.82) is 0 Å². The molecule has 0 saturated heterocycles. The van der Waals surface area contributed by atoms with Gasteiger partial charge in [0, 0.05) is 11.5 Å². The zero-order chi connectivity index (χ0) is 12.6. The molecule has 0 aromatic heterocycles. The first-order chi connectivity index (χ1) is 7.19. The lowest BCUT2D eigenvalue weighted by molar-refractivity contribution is -0.0872. The Hall–Kier alpha value is -0.770. The second-order valence-electron chi connectivity index (χ2n) is 5.81. The average Bonchev–Trinajstić information content (AvgIpc) is 2.13. The molecule has 16 heavy (non-hydrogen) atoms. The van der Waals surface area contributed by atoms with E-state index in [4.69, 9.17) is 4.74 Å². The van der Waals surface area contributed by atoms with Crippen LogP contribution in [0.4, 0.5) is 4.79 Å². The summed E-state index contributed by atoms with van der Waals surface area (Å²) >= 11 is 0. The largest absolute Gasteiger partial charge is 0.444 e. The molecule has 1 aliphatic carbocycles. The lowest BCUT2D eigenvalue weighted by atomic mass is 9.62. The highest BCUT2D eigenvalue weighted by Crippen LogP contribution is 2.43. The molecule has 0 bridgehead atoms. The van der Waals surface area contributed by atoms with Gasteiger partial charge in [0.15, 0.2) is 0 Å². The summed E-state index contributed by atoms with van der Waals surface area (Å²) in [4.78, 5) is 11.6. The van der Waals surface area contributed by atoms with Crippen LogP contribution in [0.1, 0.15) is 47.5 Å². The van der Waals surface area contributed by atoms with Gasteiger partial charge in [0.25, 0.3) is 0 Å². The minimum absolute atomic E-state index is 0.0161. The molecule has 1 rings (SSSR count). The number of hydrogen-bond donors (Lipinski definition) is 2. The lowest BCUT2D eigenvalue weighted by Gasteiger charge is -2.51. The van der Waals surface area contributed by atoms with E-state index in [2.05, 4.69) is 5.32 Å². The fourth-order valence-corrected chi connectivity index (χ4v) is 1.99. The number of aliphatic hydroxyl groups excluding tert-OH is 1. The van der Waals surface area contributed by atoms with E-state index >= 15 is 0 Å². The number of alkyl carbamates (subject to hydrolysis) is 1. The number of amides is 1. The summed E-state index contributed by atoms with van der Waals surface area (Å²) in [7, 11) is 0. The van der Waals surface area contributed by atoms with Crippen LogP contribution in [0.25, 0.3) is 0 Å². The second kappa shape index (κ2) is 4.24. The van der Waals surface area contributed by atoms with E-state index < -0.39 is 11.7 Å². The first kappa shape index (κ1) is 13.3. The van der Waals surface area contributed by atoms with Gasteiger partial charge in [-0.1, -0.05) is 13.8 Å². The highest BCUT2D eigenvalue weighted by Gasteiger charge is 2.50. The van der Waals surface area contributed by atoms with Crippen LogP contribution in [0.5, 0.6) is 0 Å². The molecule has 0 radical (unpaired) electrons. The summed E-state index contributed by atoms with van der Waals surface area (Å²) in [5, 5.41) is 12.5. The predicted molar refractivity (Wildman–Crippen MR) is 62.2 cm³/mol. The Bertz CT molecular complexity index is 272. The van der Waals surface area contributed by atoms with Crippen molar-refractivity contribution in [3.05, 3.63) is 0 Å². The SMILES string of the molecule is CCC1(C)C(O)CC1NC(=O)OC(C)(C)C. The first-order valence-electron chi connectivity index (χ1n) is 5.86. The number of carbonyl (C=O) groups is 1. The third-order valence-electron chi connectivity index (χ3n) is 3.47. The Morgan fingerprint density at radius 1 is 1.56 bits per heavy atom. The number of carbonyl (C=O) groups excluding carboxylic acids is 1. The third kappa shape index (κ3) is 2.67. The van der Waals surface area contributed by atoms with E-state index in [0.29, 0.717) is 6.42 Å². The summed E-state index contributed by atoms with van der Waals surface area (Å²) in [6.45, 7) is 9.51. The molecule has 4 nitrogen and oxygen atoms in total. The maximum atomic E-state index is 11.6. The summed E-state index contributed by atoms with van der Waals surface area (Å²) < 4.78 is 5.19. The van der Waals surface area contributed by atoms with E-state index in [1.54, 1.807) is 0 Å². The van der Waals surface area contributed by atoms with Gasteiger partial charge in [-0.25, -0.2) is 4.79 Å². The number of rotatable bonds is 2. The topological polar surface area (TPSA) is 58.6 Å². The molecule has 3 atom stereocenters. The van der Waals surface area contributed by atoms with Crippen LogP contribution >= 0.6 is 0 Å². The van der Waals surface area contributed by atoms with Crippen molar-refractivity contribution >= 4 is 6.09 Å². The van der Waals surface area contributed by atoms with Gasteiger partial charge in [0.05, 0.1) is 6.10 Å². The van der Waals surface area contributed by atoms with Gasteiger partial charge in [-0.05, 0) is 33.6 Å². The Kier molecular flexibility index (Phi) is 3.53. The molecule has 4 heteroatoms. The highest BCUT2D eigenvalue weighted by atomic mass is 16.6. The fourth-order valence-electron chi connectivity index (χ4n) is 1.99. The smallest absolute Gasteiger partial charge is 0.407 e. The van der Waals surface area contributed by atoms with E-state index in [1.807, 2.05) is 34.6 Å². The predicted octanol–water partition coefficient (Wildman–Crippen LogP) is 2.06. The Labute approximate surface area is 97.4 Å². The molecule has 3 unspecified atom stereocenters. The van der Waals surface area contributed by atoms with E-state index in [-0.39, 0.29) is 17.6 Å². The quantitative estimate of drug-likeness (QED) is 0.762. The van der Waals surface area contributed by atoms with Crippen molar-refractivity contribution in [2.75, 3.05) is 0 Å². The average molecular weight is 229 g/mol. The number of ether oxygens (including phenoxy) is 1. The monoisotopic (exact) mass is 229 g/mol. The molecule has 94 valence electrons. The molecule has 0 aromatic carbocycles. The second-order valence-corrected chi connectivity index (χ2v) is 5.81. The normalized spacial score (nSPS) is 34.1. The summed E-state index contributed by atoms with van der Waals surface area (Å²) in [6, 6.07) is 0.0161. The molecule has 0 aliphatic heterocycles.